The van der Waals surface area contributed by atoms with Crippen molar-refractivity contribution in [3.05, 3.63) is 29.5 Å². The van der Waals surface area contributed by atoms with Crippen LogP contribution in [0.5, 0.6) is 5.75 Å². The number of hydrogen-bond donors (Lipinski definition) is 1. The lowest BCUT2D eigenvalue weighted by Gasteiger charge is -2.10. The number of aliphatic carboxylic acids is 1. The summed E-state index contributed by atoms with van der Waals surface area (Å²) >= 11 is 0. The molecule has 7 nitrogen and oxygen atoms in total. The minimum atomic E-state index is -1.08. The molecule has 0 radical (unpaired) electrons. The summed E-state index contributed by atoms with van der Waals surface area (Å²) in [5.74, 6) is -0.848. The van der Waals surface area contributed by atoms with Gasteiger partial charge in [0.15, 0.2) is 6.10 Å². The molecular formula is C16H18O7. The van der Waals surface area contributed by atoms with Crippen LogP contribution in [0.3, 0.4) is 0 Å². The molecule has 0 amide bonds. The Hall–Kier alpha value is -2.54. The number of carboxylic acid groups (broad SMARTS) is 1. The Kier molecular flexibility index (Phi) is 5.23. The first-order valence-corrected chi connectivity index (χ1v) is 7.02. The topological polar surface area (TPSA) is 95.2 Å². The van der Waals surface area contributed by atoms with Crippen LogP contribution in [-0.4, -0.2) is 43.5 Å². The summed E-state index contributed by atoms with van der Waals surface area (Å²) in [6, 6.07) is 4.78. The maximum Gasteiger partial charge on any atom is 0.344 e. The molecule has 1 N–H and O–H groups in total. The lowest BCUT2D eigenvalue weighted by atomic mass is 10.1. The van der Waals surface area contributed by atoms with Gasteiger partial charge in [-0.3, -0.25) is 0 Å². The Morgan fingerprint density at radius 1 is 1.30 bits per heavy atom. The van der Waals surface area contributed by atoms with E-state index in [1.165, 1.54) is 14.0 Å². The molecule has 0 aliphatic heterocycles. The largest absolute Gasteiger partial charge is 0.479 e. The Labute approximate surface area is 132 Å². The zero-order valence-electron chi connectivity index (χ0n) is 13.1. The van der Waals surface area contributed by atoms with Crippen molar-refractivity contribution in [2.75, 3.05) is 20.3 Å². The molecule has 2 aromatic rings. The Balaban J connectivity index is 2.31. The van der Waals surface area contributed by atoms with Crippen LogP contribution in [0.4, 0.5) is 0 Å². The minimum absolute atomic E-state index is 0.133. The number of ether oxygens (including phenoxy) is 3. The molecule has 1 heterocycles. The lowest BCUT2D eigenvalue weighted by molar-refractivity contribution is -0.144. The van der Waals surface area contributed by atoms with E-state index in [9.17, 15) is 9.59 Å². The molecule has 124 valence electrons. The van der Waals surface area contributed by atoms with Crippen molar-refractivity contribution in [2.45, 2.75) is 20.0 Å². The second kappa shape index (κ2) is 7.15. The fourth-order valence-corrected chi connectivity index (χ4v) is 2.07. The van der Waals surface area contributed by atoms with Gasteiger partial charge in [-0.1, -0.05) is 0 Å². The highest BCUT2D eigenvalue weighted by atomic mass is 16.6. The van der Waals surface area contributed by atoms with Gasteiger partial charge in [0.1, 0.15) is 29.3 Å². The van der Waals surface area contributed by atoms with Crippen LogP contribution < -0.4 is 4.74 Å². The van der Waals surface area contributed by atoms with E-state index in [1.54, 1.807) is 25.1 Å². The van der Waals surface area contributed by atoms with Gasteiger partial charge in [0.2, 0.25) is 0 Å². The maximum absolute atomic E-state index is 12.2. The van der Waals surface area contributed by atoms with Crippen LogP contribution in [0.15, 0.2) is 22.6 Å². The fraction of sp³-hybridized carbons (Fsp3) is 0.375. The number of hydrogen-bond acceptors (Lipinski definition) is 6. The van der Waals surface area contributed by atoms with E-state index in [0.29, 0.717) is 34.6 Å². The molecule has 0 bridgehead atoms. The first kappa shape index (κ1) is 16.8. The van der Waals surface area contributed by atoms with E-state index in [4.69, 9.17) is 23.7 Å². The second-order valence-corrected chi connectivity index (χ2v) is 4.92. The quantitative estimate of drug-likeness (QED) is 0.617. The number of rotatable bonds is 7. The highest BCUT2D eigenvalue weighted by molar-refractivity contribution is 6.04. The summed E-state index contributed by atoms with van der Waals surface area (Å²) in [6.07, 6.45) is -1.00. The number of benzene rings is 1. The summed E-state index contributed by atoms with van der Waals surface area (Å²) in [4.78, 5) is 23.0. The van der Waals surface area contributed by atoms with E-state index in [-0.39, 0.29) is 6.61 Å². The van der Waals surface area contributed by atoms with Gasteiger partial charge in [0, 0.05) is 12.5 Å². The average Bonchev–Trinajstić information content (AvgIpc) is 2.82. The number of esters is 1. The number of carboxylic acids is 1. The number of carbonyl (C=O) groups is 2. The van der Waals surface area contributed by atoms with Crippen molar-refractivity contribution < 1.29 is 33.3 Å². The predicted octanol–water partition coefficient (Wildman–Crippen LogP) is 2.40. The second-order valence-electron chi connectivity index (χ2n) is 4.92. The summed E-state index contributed by atoms with van der Waals surface area (Å²) in [7, 11) is 1.51. The summed E-state index contributed by atoms with van der Waals surface area (Å²) in [6.45, 7) is 3.51. The summed E-state index contributed by atoms with van der Waals surface area (Å²) in [5.41, 5.74) is 0.793. The molecule has 0 saturated carbocycles. The van der Waals surface area contributed by atoms with Crippen molar-refractivity contribution in [3.8, 4) is 5.75 Å². The molecule has 0 unspecified atom stereocenters. The molecule has 0 spiro atoms. The van der Waals surface area contributed by atoms with Crippen LogP contribution in [0.1, 0.15) is 23.0 Å². The Bertz CT molecular complexity index is 717. The van der Waals surface area contributed by atoms with E-state index >= 15 is 0 Å². The summed E-state index contributed by atoms with van der Waals surface area (Å²) < 4.78 is 20.8. The van der Waals surface area contributed by atoms with Gasteiger partial charge in [-0.25, -0.2) is 9.59 Å². The van der Waals surface area contributed by atoms with Gasteiger partial charge >= 0.3 is 11.9 Å². The third kappa shape index (κ3) is 3.81. The van der Waals surface area contributed by atoms with E-state index in [1.807, 2.05) is 0 Å². The van der Waals surface area contributed by atoms with Crippen LogP contribution in [0, 0.1) is 6.92 Å². The fourth-order valence-electron chi connectivity index (χ4n) is 2.07. The zero-order chi connectivity index (χ0) is 17.0. The average molecular weight is 322 g/mol. The van der Waals surface area contributed by atoms with Crippen LogP contribution in [0.2, 0.25) is 0 Å². The Morgan fingerprint density at radius 2 is 2.04 bits per heavy atom. The van der Waals surface area contributed by atoms with E-state index in [0.717, 1.165) is 0 Å². The number of fused-ring (bicyclic) bond motifs is 1. The monoisotopic (exact) mass is 322 g/mol. The third-order valence-corrected chi connectivity index (χ3v) is 3.22. The highest BCUT2D eigenvalue weighted by Crippen LogP contribution is 2.30. The van der Waals surface area contributed by atoms with Crippen molar-refractivity contribution in [3.63, 3.8) is 0 Å². The zero-order valence-corrected chi connectivity index (χ0v) is 13.1. The highest BCUT2D eigenvalue weighted by Gasteiger charge is 2.21. The lowest BCUT2D eigenvalue weighted by Crippen LogP contribution is -2.22. The van der Waals surface area contributed by atoms with Crippen LogP contribution in [0.25, 0.3) is 11.0 Å². The molecular weight excluding hydrogens is 304 g/mol. The van der Waals surface area contributed by atoms with Crippen LogP contribution >= 0.6 is 0 Å². The van der Waals surface area contributed by atoms with Gasteiger partial charge < -0.3 is 23.7 Å². The van der Waals surface area contributed by atoms with Gasteiger partial charge in [-0.05, 0) is 32.0 Å². The molecule has 0 saturated heterocycles. The molecule has 1 atom stereocenters. The first-order valence-electron chi connectivity index (χ1n) is 7.02. The van der Waals surface area contributed by atoms with Crippen molar-refractivity contribution in [1.29, 1.82) is 0 Å². The minimum Gasteiger partial charge on any atom is -0.479 e. The van der Waals surface area contributed by atoms with Gasteiger partial charge in [-0.2, -0.15) is 0 Å². The number of carbonyl (C=O) groups excluding carboxylic acids is 1. The first-order chi connectivity index (χ1) is 10.9. The molecule has 2 rings (SSSR count). The molecule has 0 aliphatic rings. The molecule has 7 heteroatoms. The van der Waals surface area contributed by atoms with Gasteiger partial charge in [0.25, 0.3) is 0 Å². The Morgan fingerprint density at radius 3 is 2.70 bits per heavy atom. The van der Waals surface area contributed by atoms with Crippen molar-refractivity contribution in [2.24, 2.45) is 0 Å². The van der Waals surface area contributed by atoms with Crippen molar-refractivity contribution >= 4 is 22.9 Å². The molecule has 0 fully saturated rings. The molecule has 1 aromatic carbocycles. The number of aryl methyl sites for hydroxylation is 1. The number of methoxy groups -OCH3 is 1. The predicted molar refractivity (Wildman–Crippen MR) is 80.8 cm³/mol. The smallest absolute Gasteiger partial charge is 0.344 e. The molecule has 23 heavy (non-hydrogen) atoms. The van der Waals surface area contributed by atoms with E-state index in [2.05, 4.69) is 0 Å². The maximum atomic E-state index is 12.2. The van der Waals surface area contributed by atoms with Crippen molar-refractivity contribution in [1.82, 2.24) is 0 Å². The summed E-state index contributed by atoms with van der Waals surface area (Å²) in [5, 5.41) is 9.41. The molecule has 0 aliphatic carbocycles. The number of furan rings is 1. The van der Waals surface area contributed by atoms with Gasteiger partial charge in [-0.15, -0.1) is 0 Å². The van der Waals surface area contributed by atoms with Gasteiger partial charge in [0.05, 0.1) is 6.61 Å². The standard InChI is InChI=1S/C16H18O7/c1-9-14(16(19)21-7-6-20-3)12-8-11(4-5-13(12)23-9)22-10(2)15(17)18/h4-5,8,10H,6-7H2,1-3H3,(H,17,18)/t10-/m0/s1. The normalized spacial score (nSPS) is 12.1. The van der Waals surface area contributed by atoms with Crippen LogP contribution in [-0.2, 0) is 14.3 Å². The SMILES string of the molecule is COCCOC(=O)c1c(C)oc2ccc(O[C@@H](C)C(=O)O)cc12. The van der Waals surface area contributed by atoms with E-state index < -0.39 is 18.0 Å². The molecule has 1 aromatic heterocycles. The third-order valence-electron chi connectivity index (χ3n) is 3.22.